The van der Waals surface area contributed by atoms with Gasteiger partial charge < -0.3 is 4.90 Å². The molecule has 0 heterocycles. The summed E-state index contributed by atoms with van der Waals surface area (Å²) in [5.74, 6) is 0.460. The van der Waals surface area contributed by atoms with Crippen LogP contribution in [0.5, 0.6) is 0 Å². The van der Waals surface area contributed by atoms with E-state index in [1.165, 1.54) is 6.07 Å². The lowest BCUT2D eigenvalue weighted by Crippen LogP contribution is -2.20. The van der Waals surface area contributed by atoms with Gasteiger partial charge in [0.15, 0.2) is 0 Å². The van der Waals surface area contributed by atoms with Gasteiger partial charge in [0.1, 0.15) is 5.82 Å². The van der Waals surface area contributed by atoms with Crippen molar-refractivity contribution in [1.82, 2.24) is 4.90 Å². The third kappa shape index (κ3) is 3.18. The van der Waals surface area contributed by atoms with Crippen LogP contribution < -0.4 is 0 Å². The van der Waals surface area contributed by atoms with Gasteiger partial charge in [-0.15, -0.1) is 11.6 Å². The maximum Gasteiger partial charge on any atom is 0.126 e. The van der Waals surface area contributed by atoms with Crippen molar-refractivity contribution in [1.29, 1.82) is 0 Å². The topological polar surface area (TPSA) is 3.24 Å². The molecular weight excluding hydrogens is 213 g/mol. The van der Waals surface area contributed by atoms with Gasteiger partial charge in [-0.25, -0.2) is 4.39 Å². The van der Waals surface area contributed by atoms with E-state index in [0.717, 1.165) is 12.0 Å². The number of hydrogen-bond donors (Lipinski definition) is 0. The second kappa shape index (κ2) is 5.47. The Labute approximate surface area is 95.8 Å². The Morgan fingerprint density at radius 3 is 2.53 bits per heavy atom. The summed E-state index contributed by atoms with van der Waals surface area (Å²) in [5.41, 5.74) is 1.81. The highest BCUT2D eigenvalue weighted by atomic mass is 35.5. The fourth-order valence-corrected chi connectivity index (χ4v) is 1.91. The lowest BCUT2D eigenvalue weighted by Gasteiger charge is -2.24. The van der Waals surface area contributed by atoms with Crippen LogP contribution in [0.3, 0.4) is 0 Å². The van der Waals surface area contributed by atoms with Crippen molar-refractivity contribution >= 4 is 11.6 Å². The van der Waals surface area contributed by atoms with Crippen molar-refractivity contribution < 1.29 is 4.39 Å². The first kappa shape index (κ1) is 12.5. The van der Waals surface area contributed by atoms with Crippen LogP contribution in [0.15, 0.2) is 18.2 Å². The third-order valence-corrected chi connectivity index (χ3v) is 2.79. The lowest BCUT2D eigenvalue weighted by molar-refractivity contribution is 0.293. The molecule has 1 aromatic rings. The van der Waals surface area contributed by atoms with Gasteiger partial charge in [-0.2, -0.15) is 0 Å². The first-order valence-corrected chi connectivity index (χ1v) is 5.58. The van der Waals surface area contributed by atoms with E-state index in [2.05, 4.69) is 4.90 Å². The van der Waals surface area contributed by atoms with Crippen LogP contribution in [0, 0.1) is 12.7 Å². The van der Waals surface area contributed by atoms with E-state index in [1.807, 2.05) is 26.2 Å². The molecule has 0 bridgehead atoms. The number of rotatable bonds is 4. The van der Waals surface area contributed by atoms with E-state index < -0.39 is 0 Å². The molecule has 1 unspecified atom stereocenters. The van der Waals surface area contributed by atoms with Crippen LogP contribution in [0.4, 0.5) is 4.39 Å². The van der Waals surface area contributed by atoms with Gasteiger partial charge in [-0.3, -0.25) is 0 Å². The van der Waals surface area contributed by atoms with Crippen molar-refractivity contribution in [3.05, 3.63) is 35.1 Å². The minimum Gasteiger partial charge on any atom is -0.302 e. The maximum absolute atomic E-state index is 13.1. The molecule has 0 N–H and O–H groups in total. The van der Waals surface area contributed by atoms with E-state index in [9.17, 15) is 4.39 Å². The van der Waals surface area contributed by atoms with Crippen LogP contribution in [-0.2, 0) is 0 Å². The number of halogens is 2. The molecule has 0 aliphatic rings. The Kier molecular flexibility index (Phi) is 4.55. The van der Waals surface area contributed by atoms with E-state index in [-0.39, 0.29) is 11.9 Å². The summed E-state index contributed by atoms with van der Waals surface area (Å²) in [6, 6.07) is 5.52. The van der Waals surface area contributed by atoms with Crippen molar-refractivity contribution in [2.75, 3.05) is 20.0 Å². The lowest BCUT2D eigenvalue weighted by atomic mass is 10.0. The van der Waals surface area contributed by atoms with Gasteiger partial charge in [0.25, 0.3) is 0 Å². The zero-order valence-corrected chi connectivity index (χ0v) is 10.2. The monoisotopic (exact) mass is 229 g/mol. The van der Waals surface area contributed by atoms with E-state index >= 15 is 0 Å². The van der Waals surface area contributed by atoms with E-state index in [1.54, 1.807) is 6.92 Å². The molecular formula is C12H17ClFN. The second-order valence-corrected chi connectivity index (χ2v) is 4.34. The first-order chi connectivity index (χ1) is 7.06. The Hall–Kier alpha value is -0.600. The molecule has 84 valence electrons. The highest BCUT2D eigenvalue weighted by Gasteiger charge is 2.14. The third-order valence-electron chi connectivity index (χ3n) is 2.57. The number of aryl methyl sites for hydroxylation is 1. The Morgan fingerprint density at radius 2 is 2.07 bits per heavy atom. The predicted octanol–water partition coefficient (Wildman–Crippen LogP) is 3.37. The summed E-state index contributed by atoms with van der Waals surface area (Å²) < 4.78 is 13.1. The van der Waals surface area contributed by atoms with Crippen molar-refractivity contribution in [3.8, 4) is 0 Å². The van der Waals surface area contributed by atoms with Crippen LogP contribution in [0.1, 0.15) is 23.6 Å². The van der Waals surface area contributed by atoms with Gasteiger partial charge in [-0.05, 0) is 44.6 Å². The smallest absolute Gasteiger partial charge is 0.126 e. The van der Waals surface area contributed by atoms with Gasteiger partial charge in [0.05, 0.1) is 0 Å². The quantitative estimate of drug-likeness (QED) is 0.716. The molecule has 1 aromatic carbocycles. The average Bonchev–Trinajstić information content (AvgIpc) is 2.18. The molecule has 0 aliphatic carbocycles. The van der Waals surface area contributed by atoms with Gasteiger partial charge in [0, 0.05) is 11.9 Å². The van der Waals surface area contributed by atoms with Crippen LogP contribution >= 0.6 is 11.6 Å². The maximum atomic E-state index is 13.1. The molecule has 1 nitrogen and oxygen atoms in total. The standard InChI is InChI=1S/C12H17ClFN/c1-9-8-10(4-5-11(9)14)12(6-7-13)15(2)3/h4-5,8,12H,6-7H2,1-3H3. The largest absolute Gasteiger partial charge is 0.302 e. The van der Waals surface area contributed by atoms with Crippen molar-refractivity contribution in [2.24, 2.45) is 0 Å². The SMILES string of the molecule is Cc1cc(C(CCCl)N(C)C)ccc1F. The number of benzene rings is 1. The second-order valence-electron chi connectivity index (χ2n) is 3.97. The minimum atomic E-state index is -0.151. The predicted molar refractivity (Wildman–Crippen MR) is 62.9 cm³/mol. The summed E-state index contributed by atoms with van der Waals surface area (Å²) in [5, 5.41) is 0. The summed E-state index contributed by atoms with van der Waals surface area (Å²) in [4.78, 5) is 2.11. The molecule has 1 rings (SSSR count). The van der Waals surface area contributed by atoms with Crippen LogP contribution in [0.25, 0.3) is 0 Å². The zero-order chi connectivity index (χ0) is 11.4. The molecule has 0 fully saturated rings. The van der Waals surface area contributed by atoms with Crippen molar-refractivity contribution in [2.45, 2.75) is 19.4 Å². The average molecular weight is 230 g/mol. The molecule has 0 aromatic heterocycles. The molecule has 0 saturated carbocycles. The number of hydrogen-bond acceptors (Lipinski definition) is 1. The molecule has 0 spiro atoms. The summed E-state index contributed by atoms with van der Waals surface area (Å²) in [6.07, 6.45) is 0.875. The van der Waals surface area contributed by atoms with Crippen molar-refractivity contribution in [3.63, 3.8) is 0 Å². The highest BCUT2D eigenvalue weighted by molar-refractivity contribution is 6.17. The minimum absolute atomic E-state index is 0.151. The molecule has 1 atom stereocenters. The zero-order valence-electron chi connectivity index (χ0n) is 9.43. The highest BCUT2D eigenvalue weighted by Crippen LogP contribution is 2.24. The fourth-order valence-electron chi connectivity index (χ4n) is 1.70. The number of alkyl halides is 1. The Morgan fingerprint density at radius 1 is 1.40 bits per heavy atom. The van der Waals surface area contributed by atoms with Gasteiger partial charge in [0.2, 0.25) is 0 Å². The molecule has 0 saturated heterocycles. The normalized spacial score (nSPS) is 13.2. The molecule has 0 aliphatic heterocycles. The summed E-state index contributed by atoms with van der Waals surface area (Å²) in [7, 11) is 4.02. The molecule has 15 heavy (non-hydrogen) atoms. The summed E-state index contributed by atoms with van der Waals surface area (Å²) >= 11 is 5.76. The van der Waals surface area contributed by atoms with Crippen LogP contribution in [0.2, 0.25) is 0 Å². The van der Waals surface area contributed by atoms with E-state index in [0.29, 0.717) is 11.4 Å². The Balaban J connectivity index is 2.95. The Bertz CT molecular complexity index is 325. The molecule has 3 heteroatoms. The number of nitrogens with zero attached hydrogens (tertiary/aromatic N) is 1. The van der Waals surface area contributed by atoms with Crippen LogP contribution in [-0.4, -0.2) is 24.9 Å². The molecule has 0 amide bonds. The first-order valence-electron chi connectivity index (χ1n) is 5.04. The molecule has 0 radical (unpaired) electrons. The fraction of sp³-hybridized carbons (Fsp3) is 0.500. The summed E-state index contributed by atoms with van der Waals surface area (Å²) in [6.45, 7) is 1.78. The van der Waals surface area contributed by atoms with E-state index in [4.69, 9.17) is 11.6 Å². The van der Waals surface area contributed by atoms with Gasteiger partial charge >= 0.3 is 0 Å². The van der Waals surface area contributed by atoms with Gasteiger partial charge in [-0.1, -0.05) is 12.1 Å².